The van der Waals surface area contributed by atoms with Crippen LogP contribution in [-0.4, -0.2) is 58.0 Å². The van der Waals surface area contributed by atoms with Crippen molar-refractivity contribution in [2.45, 2.75) is 109 Å². The average molecular weight is 680 g/mol. The summed E-state index contributed by atoms with van der Waals surface area (Å²) < 4.78 is 13.7. The van der Waals surface area contributed by atoms with Crippen molar-refractivity contribution in [3.63, 3.8) is 0 Å². The van der Waals surface area contributed by atoms with E-state index < -0.39 is 6.29 Å². The number of aliphatic hydroxyl groups excluding tert-OH is 1. The van der Waals surface area contributed by atoms with Crippen LogP contribution in [0.1, 0.15) is 116 Å². The fourth-order valence-corrected chi connectivity index (χ4v) is 8.50. The summed E-state index contributed by atoms with van der Waals surface area (Å²) in [5.41, 5.74) is 3.39. The van der Waals surface area contributed by atoms with E-state index in [1.165, 1.54) is 17.7 Å². The molecule has 3 fully saturated rings. The molecule has 3 aromatic carbocycles. The van der Waals surface area contributed by atoms with Gasteiger partial charge in [0.1, 0.15) is 0 Å². The largest absolute Gasteiger partial charge is 0.392 e. The molecule has 7 unspecified atom stereocenters. The highest BCUT2D eigenvalue weighted by molar-refractivity contribution is 6.34. The van der Waals surface area contributed by atoms with Crippen molar-refractivity contribution >= 4 is 23.4 Å². The Bertz CT molecular complexity index is 1700. The molecule has 0 spiro atoms. The average Bonchev–Trinajstić information content (AvgIpc) is 3.37. The van der Waals surface area contributed by atoms with Crippen LogP contribution < -0.4 is 10.2 Å². The van der Waals surface area contributed by atoms with E-state index in [1.807, 2.05) is 63.2 Å². The Labute approximate surface area is 294 Å². The zero-order valence-electron chi connectivity index (χ0n) is 29.5. The molecule has 2 saturated heterocycles. The molecule has 3 amide bonds. The first-order valence-corrected chi connectivity index (χ1v) is 18.2. The number of imide groups is 1. The molecule has 1 saturated carbocycles. The molecular formula is C41H49N3O6. The van der Waals surface area contributed by atoms with Crippen molar-refractivity contribution in [1.82, 2.24) is 10.2 Å². The lowest BCUT2D eigenvalue weighted by Gasteiger charge is -2.51. The fraction of sp³-hybridized carbons (Fsp3) is 0.488. The molecule has 0 radical (unpaired) electrons. The number of anilines is 1. The number of carbonyl (C=O) groups excluding carboxylic acids is 3. The Morgan fingerprint density at radius 2 is 1.56 bits per heavy atom. The number of ether oxygens (including phenoxy) is 2. The van der Waals surface area contributed by atoms with E-state index in [-0.39, 0.29) is 54.0 Å². The minimum Gasteiger partial charge on any atom is -0.392 e. The van der Waals surface area contributed by atoms with Gasteiger partial charge in [-0.05, 0) is 87.8 Å². The highest BCUT2D eigenvalue weighted by Crippen LogP contribution is 2.45. The lowest BCUT2D eigenvalue weighted by Crippen LogP contribution is -2.61. The molecule has 50 heavy (non-hydrogen) atoms. The van der Waals surface area contributed by atoms with E-state index in [0.717, 1.165) is 36.8 Å². The molecule has 9 heteroatoms. The molecule has 0 aromatic heterocycles. The molecule has 7 atom stereocenters. The number of hydrogen-bond acceptors (Lipinski definition) is 7. The molecule has 3 aromatic rings. The summed E-state index contributed by atoms with van der Waals surface area (Å²) in [5, 5.41) is 13.0. The molecule has 9 nitrogen and oxygen atoms in total. The second kappa shape index (κ2) is 14.0. The third-order valence-electron chi connectivity index (χ3n) is 11.0. The van der Waals surface area contributed by atoms with Gasteiger partial charge in [-0.1, -0.05) is 68.3 Å². The summed E-state index contributed by atoms with van der Waals surface area (Å²) in [6.45, 7) is 8.76. The number of fused-ring (bicyclic) bond motifs is 2. The Morgan fingerprint density at radius 3 is 2.24 bits per heavy atom. The summed E-state index contributed by atoms with van der Waals surface area (Å²) in [6, 6.07) is 22.1. The zero-order valence-corrected chi connectivity index (χ0v) is 29.5. The second-order valence-corrected chi connectivity index (χ2v) is 15.5. The van der Waals surface area contributed by atoms with Crippen LogP contribution in [0.4, 0.5) is 5.69 Å². The molecule has 264 valence electrons. The van der Waals surface area contributed by atoms with Crippen molar-refractivity contribution in [3.8, 4) is 0 Å². The number of nitrogens with zero attached hydrogens (tertiary/aromatic N) is 2. The fourth-order valence-electron chi connectivity index (χ4n) is 8.50. The molecule has 7 rings (SSSR count). The van der Waals surface area contributed by atoms with Gasteiger partial charge in [0.15, 0.2) is 6.29 Å². The normalized spacial score (nSPS) is 28.7. The maximum atomic E-state index is 13.9. The van der Waals surface area contributed by atoms with Gasteiger partial charge in [0.05, 0.1) is 41.7 Å². The van der Waals surface area contributed by atoms with Gasteiger partial charge in [-0.25, -0.2) is 4.90 Å². The summed E-state index contributed by atoms with van der Waals surface area (Å²) in [5.74, 6) is -0.142. The van der Waals surface area contributed by atoms with Gasteiger partial charge in [-0.15, -0.1) is 0 Å². The van der Waals surface area contributed by atoms with Crippen LogP contribution in [0.15, 0.2) is 72.8 Å². The summed E-state index contributed by atoms with van der Waals surface area (Å²) in [7, 11) is 0. The number of aliphatic hydroxyl groups is 1. The lowest BCUT2D eigenvalue weighted by molar-refractivity contribution is -0.278. The Kier molecular flexibility index (Phi) is 9.69. The zero-order chi connectivity index (χ0) is 35.2. The number of amides is 3. The predicted octanol–water partition coefficient (Wildman–Crippen LogP) is 6.71. The Balaban J connectivity index is 1.22. The van der Waals surface area contributed by atoms with Crippen molar-refractivity contribution < 1.29 is 29.0 Å². The number of nitrogens with one attached hydrogen (secondary N) is 1. The van der Waals surface area contributed by atoms with Crippen LogP contribution in [0.25, 0.3) is 0 Å². The van der Waals surface area contributed by atoms with Crippen molar-refractivity contribution in [2.75, 3.05) is 11.4 Å². The monoisotopic (exact) mass is 679 g/mol. The number of likely N-dealkylation sites (tertiary alicyclic amines) is 1. The predicted molar refractivity (Wildman–Crippen MR) is 190 cm³/mol. The van der Waals surface area contributed by atoms with Gasteiger partial charge in [0, 0.05) is 29.6 Å². The molecule has 0 bridgehead atoms. The standard InChI is InChI=1S/C41H49N3O6/c1-25-35(23-43-33-15-8-5-10-27(33)20-21-34(43)37(46)42-41(2,3)4)49-40(50-36(25)28-18-16-26(24-45)17-19-28)29-11-9-12-30(22-29)44-38(47)31-13-6-7-14-32(31)39(44)48/h6-7,9,11-14,16-19,22,25,27,33-36,40,45H,5,8,10,15,20-21,23-24H2,1-4H3,(H,42,46). The first-order chi connectivity index (χ1) is 24.0. The molecule has 3 heterocycles. The first kappa shape index (κ1) is 34.6. The Hall–Kier alpha value is -3.89. The van der Waals surface area contributed by atoms with E-state index >= 15 is 0 Å². The van der Waals surface area contributed by atoms with Crippen molar-refractivity contribution in [2.24, 2.45) is 11.8 Å². The SMILES string of the molecule is CC1C(CN2C(C(=O)NC(C)(C)C)CCC3CCCCC32)OC(c2cccc(N3C(=O)c4ccccc4C3=O)c2)OC1c1ccc(CO)cc1. The van der Waals surface area contributed by atoms with Gasteiger partial charge < -0.3 is 19.9 Å². The highest BCUT2D eigenvalue weighted by atomic mass is 16.7. The van der Waals surface area contributed by atoms with Gasteiger partial charge in [0.25, 0.3) is 11.8 Å². The second-order valence-electron chi connectivity index (χ2n) is 15.5. The molecule has 4 aliphatic rings. The van der Waals surface area contributed by atoms with Gasteiger partial charge in [-0.3, -0.25) is 19.3 Å². The van der Waals surface area contributed by atoms with Gasteiger partial charge >= 0.3 is 0 Å². The molecular weight excluding hydrogens is 630 g/mol. The van der Waals surface area contributed by atoms with Gasteiger partial charge in [-0.2, -0.15) is 0 Å². The summed E-state index contributed by atoms with van der Waals surface area (Å²) >= 11 is 0. The van der Waals surface area contributed by atoms with Crippen molar-refractivity contribution in [3.05, 3.63) is 101 Å². The third-order valence-corrected chi connectivity index (χ3v) is 11.0. The highest BCUT2D eigenvalue weighted by Gasteiger charge is 2.46. The maximum Gasteiger partial charge on any atom is 0.266 e. The van der Waals surface area contributed by atoms with Crippen LogP contribution in [0.5, 0.6) is 0 Å². The van der Waals surface area contributed by atoms with Crippen LogP contribution in [0, 0.1) is 11.8 Å². The number of benzene rings is 3. The first-order valence-electron chi connectivity index (χ1n) is 18.2. The number of piperidine rings is 1. The van der Waals surface area contributed by atoms with Crippen LogP contribution in [-0.2, 0) is 20.9 Å². The maximum absolute atomic E-state index is 13.9. The van der Waals surface area contributed by atoms with E-state index in [4.69, 9.17) is 9.47 Å². The quantitative estimate of drug-likeness (QED) is 0.268. The molecule has 3 aliphatic heterocycles. The minimum absolute atomic E-state index is 0.0458. The van der Waals surface area contributed by atoms with Crippen LogP contribution >= 0.6 is 0 Å². The van der Waals surface area contributed by atoms with E-state index in [2.05, 4.69) is 17.1 Å². The third kappa shape index (κ3) is 6.76. The summed E-state index contributed by atoms with van der Waals surface area (Å²) in [4.78, 5) is 44.3. The number of carbonyl (C=O) groups is 3. The number of rotatable bonds is 7. The smallest absolute Gasteiger partial charge is 0.266 e. The molecule has 2 N–H and O–H groups in total. The summed E-state index contributed by atoms with van der Waals surface area (Å²) in [6.07, 6.45) is 5.10. The minimum atomic E-state index is -0.789. The lowest BCUT2D eigenvalue weighted by atomic mass is 9.75. The van der Waals surface area contributed by atoms with E-state index in [1.54, 1.807) is 30.3 Å². The van der Waals surface area contributed by atoms with E-state index in [9.17, 15) is 19.5 Å². The Morgan fingerprint density at radius 1 is 0.860 bits per heavy atom. The molecule has 1 aliphatic carbocycles. The van der Waals surface area contributed by atoms with Crippen molar-refractivity contribution in [1.29, 1.82) is 0 Å². The van der Waals surface area contributed by atoms with E-state index in [0.29, 0.717) is 40.9 Å². The van der Waals surface area contributed by atoms with Gasteiger partial charge in [0.2, 0.25) is 5.91 Å². The van der Waals surface area contributed by atoms with Crippen LogP contribution in [0.3, 0.4) is 0 Å². The van der Waals surface area contributed by atoms with Crippen LogP contribution in [0.2, 0.25) is 0 Å². The number of hydrogen-bond donors (Lipinski definition) is 2. The topological polar surface area (TPSA) is 108 Å².